The first kappa shape index (κ1) is 20.3. The SMILES string of the molecule is CCOc1ccc(C(=O)Nc2cccc(CN(C)C(C)=O)c2)cc1OCC. The van der Waals surface area contributed by atoms with Crippen LogP contribution >= 0.6 is 0 Å². The second kappa shape index (κ2) is 9.62. The molecule has 6 nitrogen and oxygen atoms in total. The van der Waals surface area contributed by atoms with Crippen LogP contribution in [0, 0.1) is 0 Å². The van der Waals surface area contributed by atoms with Crippen molar-refractivity contribution >= 4 is 17.5 Å². The number of carbonyl (C=O) groups excluding carboxylic acids is 2. The molecular weight excluding hydrogens is 344 g/mol. The Morgan fingerprint density at radius 1 is 1.00 bits per heavy atom. The molecule has 0 radical (unpaired) electrons. The van der Waals surface area contributed by atoms with Crippen LogP contribution in [0.25, 0.3) is 0 Å². The zero-order chi connectivity index (χ0) is 19.8. The number of hydrogen-bond acceptors (Lipinski definition) is 4. The topological polar surface area (TPSA) is 67.9 Å². The van der Waals surface area contributed by atoms with Gasteiger partial charge in [0.05, 0.1) is 13.2 Å². The maximum atomic E-state index is 12.6. The predicted octanol–water partition coefficient (Wildman–Crippen LogP) is 3.71. The molecule has 0 aliphatic rings. The molecule has 0 fully saturated rings. The van der Waals surface area contributed by atoms with Crippen molar-refractivity contribution in [1.82, 2.24) is 4.90 Å². The summed E-state index contributed by atoms with van der Waals surface area (Å²) in [6, 6.07) is 12.6. The first-order valence-electron chi connectivity index (χ1n) is 8.96. The van der Waals surface area contributed by atoms with Gasteiger partial charge in [0.2, 0.25) is 5.91 Å². The lowest BCUT2D eigenvalue weighted by Crippen LogP contribution is -2.23. The lowest BCUT2D eigenvalue weighted by atomic mass is 10.1. The standard InChI is InChI=1S/C21H26N2O4/c1-5-26-19-11-10-17(13-20(19)27-6-2)21(25)22-18-9-7-8-16(12-18)14-23(4)15(3)24/h7-13H,5-6,14H2,1-4H3,(H,22,25). The van der Waals surface area contributed by atoms with Crippen molar-refractivity contribution < 1.29 is 19.1 Å². The van der Waals surface area contributed by atoms with Crippen molar-refractivity contribution in [1.29, 1.82) is 0 Å². The number of nitrogens with zero attached hydrogens (tertiary/aromatic N) is 1. The third kappa shape index (κ3) is 5.74. The van der Waals surface area contributed by atoms with E-state index in [1.54, 1.807) is 30.1 Å². The number of hydrogen-bond donors (Lipinski definition) is 1. The molecule has 144 valence electrons. The van der Waals surface area contributed by atoms with Crippen LogP contribution in [0.4, 0.5) is 5.69 Å². The molecule has 0 unspecified atom stereocenters. The van der Waals surface area contributed by atoms with Gasteiger partial charge in [-0.2, -0.15) is 0 Å². The number of rotatable bonds is 8. The first-order valence-corrected chi connectivity index (χ1v) is 8.96. The average Bonchev–Trinajstić information content (AvgIpc) is 2.63. The van der Waals surface area contributed by atoms with E-state index in [4.69, 9.17) is 9.47 Å². The van der Waals surface area contributed by atoms with Crippen molar-refractivity contribution in [3.05, 3.63) is 53.6 Å². The Bertz CT molecular complexity index is 805. The number of anilines is 1. The Morgan fingerprint density at radius 2 is 1.70 bits per heavy atom. The van der Waals surface area contributed by atoms with Crippen LogP contribution in [0.15, 0.2) is 42.5 Å². The van der Waals surface area contributed by atoms with Crippen LogP contribution in [0.2, 0.25) is 0 Å². The van der Waals surface area contributed by atoms with Crippen LogP contribution in [-0.4, -0.2) is 37.0 Å². The summed E-state index contributed by atoms with van der Waals surface area (Å²) in [4.78, 5) is 25.6. The molecule has 0 atom stereocenters. The van der Waals surface area contributed by atoms with E-state index in [2.05, 4.69) is 5.32 Å². The molecule has 2 amide bonds. The van der Waals surface area contributed by atoms with E-state index < -0.39 is 0 Å². The van der Waals surface area contributed by atoms with Crippen LogP contribution in [0.3, 0.4) is 0 Å². The predicted molar refractivity (Wildman–Crippen MR) is 105 cm³/mol. The van der Waals surface area contributed by atoms with Gasteiger partial charge in [-0.1, -0.05) is 12.1 Å². The Labute approximate surface area is 160 Å². The second-order valence-corrected chi connectivity index (χ2v) is 6.06. The molecule has 2 rings (SSSR count). The highest BCUT2D eigenvalue weighted by atomic mass is 16.5. The molecule has 1 N–H and O–H groups in total. The van der Waals surface area contributed by atoms with Crippen molar-refractivity contribution in [2.24, 2.45) is 0 Å². The second-order valence-electron chi connectivity index (χ2n) is 6.06. The summed E-state index contributed by atoms with van der Waals surface area (Å²) in [5, 5.41) is 2.88. The van der Waals surface area contributed by atoms with Gasteiger partial charge in [-0.05, 0) is 49.7 Å². The van der Waals surface area contributed by atoms with Gasteiger partial charge < -0.3 is 19.7 Å². The van der Waals surface area contributed by atoms with E-state index in [1.807, 2.05) is 38.1 Å². The maximum Gasteiger partial charge on any atom is 0.255 e. The third-order valence-electron chi connectivity index (χ3n) is 3.95. The van der Waals surface area contributed by atoms with Crippen molar-refractivity contribution in [2.75, 3.05) is 25.6 Å². The first-order chi connectivity index (χ1) is 12.9. The summed E-state index contributed by atoms with van der Waals surface area (Å²) in [6.07, 6.45) is 0. The Hall–Kier alpha value is -3.02. The summed E-state index contributed by atoms with van der Waals surface area (Å²) in [5.74, 6) is 0.910. The normalized spacial score (nSPS) is 10.2. The molecule has 2 aromatic carbocycles. The minimum absolute atomic E-state index is 0.0118. The monoisotopic (exact) mass is 370 g/mol. The quantitative estimate of drug-likeness (QED) is 0.769. The van der Waals surface area contributed by atoms with E-state index in [0.29, 0.717) is 42.5 Å². The zero-order valence-electron chi connectivity index (χ0n) is 16.2. The minimum Gasteiger partial charge on any atom is -0.490 e. The van der Waals surface area contributed by atoms with Gasteiger partial charge in [0.1, 0.15) is 0 Å². The molecular formula is C21H26N2O4. The number of carbonyl (C=O) groups is 2. The van der Waals surface area contributed by atoms with E-state index >= 15 is 0 Å². The zero-order valence-corrected chi connectivity index (χ0v) is 16.2. The summed E-state index contributed by atoms with van der Waals surface area (Å²) in [6.45, 7) is 6.78. The lowest BCUT2D eigenvalue weighted by molar-refractivity contribution is -0.128. The van der Waals surface area contributed by atoms with Crippen LogP contribution < -0.4 is 14.8 Å². The highest BCUT2D eigenvalue weighted by molar-refractivity contribution is 6.04. The van der Waals surface area contributed by atoms with Crippen molar-refractivity contribution in [3.63, 3.8) is 0 Å². The average molecular weight is 370 g/mol. The highest BCUT2D eigenvalue weighted by Gasteiger charge is 2.12. The molecule has 0 saturated carbocycles. The van der Waals surface area contributed by atoms with Crippen LogP contribution in [0.5, 0.6) is 11.5 Å². The summed E-state index contributed by atoms with van der Waals surface area (Å²) >= 11 is 0. The molecule has 0 saturated heterocycles. The van der Waals surface area contributed by atoms with Gasteiger partial charge in [-0.15, -0.1) is 0 Å². The highest BCUT2D eigenvalue weighted by Crippen LogP contribution is 2.29. The fraction of sp³-hybridized carbons (Fsp3) is 0.333. The number of amides is 2. The van der Waals surface area contributed by atoms with E-state index in [1.165, 1.54) is 6.92 Å². The van der Waals surface area contributed by atoms with E-state index in [9.17, 15) is 9.59 Å². The van der Waals surface area contributed by atoms with Gasteiger partial charge in [-0.25, -0.2) is 0 Å². The van der Waals surface area contributed by atoms with Gasteiger partial charge >= 0.3 is 0 Å². The Kier molecular flexibility index (Phi) is 7.23. The lowest BCUT2D eigenvalue weighted by Gasteiger charge is -2.16. The Balaban J connectivity index is 2.15. The van der Waals surface area contributed by atoms with Gasteiger partial charge in [-0.3, -0.25) is 9.59 Å². The molecule has 0 aliphatic heterocycles. The van der Waals surface area contributed by atoms with Crippen molar-refractivity contribution in [2.45, 2.75) is 27.3 Å². The Morgan fingerprint density at radius 3 is 2.37 bits per heavy atom. The molecule has 6 heteroatoms. The molecule has 27 heavy (non-hydrogen) atoms. The summed E-state index contributed by atoms with van der Waals surface area (Å²) in [7, 11) is 1.74. The summed E-state index contributed by atoms with van der Waals surface area (Å²) < 4.78 is 11.1. The van der Waals surface area contributed by atoms with Crippen LogP contribution in [-0.2, 0) is 11.3 Å². The van der Waals surface area contributed by atoms with Crippen molar-refractivity contribution in [3.8, 4) is 11.5 Å². The smallest absolute Gasteiger partial charge is 0.255 e. The van der Waals surface area contributed by atoms with E-state index in [-0.39, 0.29) is 11.8 Å². The fourth-order valence-electron chi connectivity index (χ4n) is 2.53. The summed E-state index contributed by atoms with van der Waals surface area (Å²) in [5.41, 5.74) is 2.08. The number of nitrogens with one attached hydrogen (secondary N) is 1. The molecule has 0 aliphatic carbocycles. The maximum absolute atomic E-state index is 12.6. The van der Waals surface area contributed by atoms with Gasteiger partial charge in [0, 0.05) is 31.8 Å². The molecule has 0 aromatic heterocycles. The molecule has 0 bridgehead atoms. The molecule has 2 aromatic rings. The van der Waals surface area contributed by atoms with Gasteiger partial charge in [0.25, 0.3) is 5.91 Å². The van der Waals surface area contributed by atoms with Crippen LogP contribution in [0.1, 0.15) is 36.7 Å². The number of ether oxygens (including phenoxy) is 2. The van der Waals surface area contributed by atoms with Gasteiger partial charge in [0.15, 0.2) is 11.5 Å². The largest absolute Gasteiger partial charge is 0.490 e. The molecule has 0 heterocycles. The minimum atomic E-state index is -0.240. The molecule has 0 spiro atoms. The number of benzene rings is 2. The van der Waals surface area contributed by atoms with E-state index in [0.717, 1.165) is 5.56 Å². The fourth-order valence-corrected chi connectivity index (χ4v) is 2.53. The third-order valence-corrected chi connectivity index (χ3v) is 3.95.